The lowest BCUT2D eigenvalue weighted by Gasteiger charge is -2.25. The lowest BCUT2D eigenvalue weighted by Crippen LogP contribution is -2.36. The summed E-state index contributed by atoms with van der Waals surface area (Å²) in [5.74, 6) is -0.264. The fourth-order valence-electron chi connectivity index (χ4n) is 2.02. The second-order valence-corrected chi connectivity index (χ2v) is 6.03. The molecule has 0 radical (unpaired) electrons. The topological polar surface area (TPSA) is 20.3 Å². The predicted octanol–water partition coefficient (Wildman–Crippen LogP) is 3.85. The van der Waals surface area contributed by atoms with Gasteiger partial charge in [-0.15, -0.1) is 0 Å². The first-order chi connectivity index (χ1) is 8.50. The summed E-state index contributed by atoms with van der Waals surface area (Å²) in [6.45, 7) is 4.82. The average molecular weight is 314 g/mol. The van der Waals surface area contributed by atoms with Crippen LogP contribution in [0.4, 0.5) is 4.39 Å². The second kappa shape index (κ2) is 5.39. The highest BCUT2D eigenvalue weighted by molar-refractivity contribution is 9.10. The maximum absolute atomic E-state index is 13.8. The Morgan fingerprint density at radius 1 is 1.50 bits per heavy atom. The van der Waals surface area contributed by atoms with Crippen LogP contribution < -0.4 is 0 Å². The average Bonchev–Trinajstić information content (AvgIpc) is 3.09. The predicted molar refractivity (Wildman–Crippen MR) is 73.0 cm³/mol. The zero-order valence-corrected chi connectivity index (χ0v) is 12.2. The SMILES string of the molecule is CC(C)CN(C(=O)c1c(F)cccc1Br)C1CC1. The van der Waals surface area contributed by atoms with Crippen molar-refractivity contribution in [3.05, 3.63) is 34.1 Å². The van der Waals surface area contributed by atoms with Gasteiger partial charge in [0.2, 0.25) is 0 Å². The lowest BCUT2D eigenvalue weighted by atomic mass is 10.1. The molecule has 98 valence electrons. The summed E-state index contributed by atoms with van der Waals surface area (Å²) in [4.78, 5) is 14.3. The summed E-state index contributed by atoms with van der Waals surface area (Å²) < 4.78 is 14.3. The van der Waals surface area contributed by atoms with Gasteiger partial charge in [-0.1, -0.05) is 19.9 Å². The monoisotopic (exact) mass is 313 g/mol. The molecule has 1 aliphatic carbocycles. The minimum absolute atomic E-state index is 0.157. The number of amides is 1. The molecule has 0 bridgehead atoms. The minimum Gasteiger partial charge on any atom is -0.335 e. The summed E-state index contributed by atoms with van der Waals surface area (Å²) in [5.41, 5.74) is 0.157. The van der Waals surface area contributed by atoms with Crippen LogP contribution >= 0.6 is 15.9 Å². The molecule has 0 spiro atoms. The molecule has 0 aliphatic heterocycles. The zero-order valence-electron chi connectivity index (χ0n) is 10.6. The third-order valence-corrected chi connectivity index (χ3v) is 3.65. The normalized spacial score (nSPS) is 14.9. The van der Waals surface area contributed by atoms with Crippen molar-refractivity contribution in [3.63, 3.8) is 0 Å². The second-order valence-electron chi connectivity index (χ2n) is 5.18. The molecule has 1 amide bonds. The van der Waals surface area contributed by atoms with Gasteiger partial charge < -0.3 is 4.90 Å². The van der Waals surface area contributed by atoms with Gasteiger partial charge >= 0.3 is 0 Å². The van der Waals surface area contributed by atoms with Gasteiger partial charge in [0.05, 0.1) is 5.56 Å². The Bertz CT molecular complexity index is 437. The van der Waals surface area contributed by atoms with E-state index in [0.29, 0.717) is 23.0 Å². The van der Waals surface area contributed by atoms with Gasteiger partial charge in [0, 0.05) is 17.1 Å². The first-order valence-electron chi connectivity index (χ1n) is 6.25. The molecule has 0 heterocycles. The van der Waals surface area contributed by atoms with E-state index in [1.54, 1.807) is 12.1 Å². The van der Waals surface area contributed by atoms with Crippen LogP contribution in [-0.2, 0) is 0 Å². The molecule has 1 aliphatic rings. The number of carbonyl (C=O) groups excluding carboxylic acids is 1. The minimum atomic E-state index is -0.455. The molecule has 2 rings (SSSR count). The van der Waals surface area contributed by atoms with Crippen LogP contribution in [0.3, 0.4) is 0 Å². The van der Waals surface area contributed by atoms with Gasteiger partial charge in [-0.05, 0) is 46.8 Å². The van der Waals surface area contributed by atoms with Crippen LogP contribution in [0.25, 0.3) is 0 Å². The lowest BCUT2D eigenvalue weighted by molar-refractivity contribution is 0.0716. The van der Waals surface area contributed by atoms with Crippen LogP contribution in [-0.4, -0.2) is 23.4 Å². The van der Waals surface area contributed by atoms with Crippen LogP contribution in [0.2, 0.25) is 0 Å². The van der Waals surface area contributed by atoms with Crippen molar-refractivity contribution in [2.75, 3.05) is 6.54 Å². The van der Waals surface area contributed by atoms with Crippen LogP contribution in [0.5, 0.6) is 0 Å². The van der Waals surface area contributed by atoms with E-state index < -0.39 is 5.82 Å². The number of nitrogens with zero attached hydrogens (tertiary/aromatic N) is 1. The maximum Gasteiger partial charge on any atom is 0.258 e. The largest absolute Gasteiger partial charge is 0.335 e. The first-order valence-corrected chi connectivity index (χ1v) is 7.05. The number of benzene rings is 1. The Morgan fingerprint density at radius 2 is 2.17 bits per heavy atom. The first kappa shape index (κ1) is 13.5. The molecule has 1 aromatic carbocycles. The van der Waals surface area contributed by atoms with E-state index in [1.165, 1.54) is 6.07 Å². The molecule has 1 saturated carbocycles. The summed E-state index contributed by atoms with van der Waals surface area (Å²) in [6.07, 6.45) is 2.06. The highest BCUT2D eigenvalue weighted by Crippen LogP contribution is 2.31. The van der Waals surface area contributed by atoms with E-state index in [-0.39, 0.29) is 11.5 Å². The van der Waals surface area contributed by atoms with Crippen LogP contribution in [0.15, 0.2) is 22.7 Å². The van der Waals surface area contributed by atoms with Gasteiger partial charge in [0.15, 0.2) is 0 Å². The van der Waals surface area contributed by atoms with Crippen LogP contribution in [0.1, 0.15) is 37.0 Å². The molecular weight excluding hydrogens is 297 g/mol. The number of hydrogen-bond donors (Lipinski definition) is 0. The highest BCUT2D eigenvalue weighted by Gasteiger charge is 2.34. The van der Waals surface area contributed by atoms with E-state index in [0.717, 1.165) is 12.8 Å². The van der Waals surface area contributed by atoms with Gasteiger partial charge in [-0.3, -0.25) is 4.79 Å². The van der Waals surface area contributed by atoms with Gasteiger partial charge in [0.25, 0.3) is 5.91 Å². The van der Waals surface area contributed by atoms with Gasteiger partial charge in [-0.2, -0.15) is 0 Å². The van der Waals surface area contributed by atoms with Crippen molar-refractivity contribution in [1.29, 1.82) is 0 Å². The Kier molecular flexibility index (Phi) is 4.05. The fraction of sp³-hybridized carbons (Fsp3) is 0.500. The van der Waals surface area contributed by atoms with E-state index >= 15 is 0 Å². The third-order valence-electron chi connectivity index (χ3n) is 2.99. The molecule has 0 aromatic heterocycles. The van der Waals surface area contributed by atoms with Crippen molar-refractivity contribution < 1.29 is 9.18 Å². The smallest absolute Gasteiger partial charge is 0.258 e. The molecule has 0 N–H and O–H groups in total. The van der Waals surface area contributed by atoms with Crippen LogP contribution in [0, 0.1) is 11.7 Å². The Labute approximate surface area is 115 Å². The molecule has 18 heavy (non-hydrogen) atoms. The molecule has 2 nitrogen and oxygen atoms in total. The molecule has 4 heteroatoms. The summed E-state index contributed by atoms with van der Waals surface area (Å²) >= 11 is 3.26. The number of carbonyl (C=O) groups is 1. The quantitative estimate of drug-likeness (QED) is 0.827. The van der Waals surface area contributed by atoms with Gasteiger partial charge in [0.1, 0.15) is 5.82 Å². The van der Waals surface area contributed by atoms with E-state index in [2.05, 4.69) is 29.8 Å². The van der Waals surface area contributed by atoms with Crippen molar-refractivity contribution in [1.82, 2.24) is 4.90 Å². The maximum atomic E-state index is 13.8. The zero-order chi connectivity index (χ0) is 13.3. The molecule has 0 atom stereocenters. The Morgan fingerprint density at radius 3 is 2.67 bits per heavy atom. The Balaban J connectivity index is 2.27. The van der Waals surface area contributed by atoms with E-state index in [9.17, 15) is 9.18 Å². The van der Waals surface area contributed by atoms with E-state index in [4.69, 9.17) is 0 Å². The number of rotatable bonds is 4. The summed E-state index contributed by atoms with van der Waals surface area (Å²) in [7, 11) is 0. The van der Waals surface area contributed by atoms with Crippen molar-refractivity contribution in [2.24, 2.45) is 5.92 Å². The number of hydrogen-bond acceptors (Lipinski definition) is 1. The molecule has 1 fully saturated rings. The summed E-state index contributed by atoms with van der Waals surface area (Å²) in [6, 6.07) is 4.93. The van der Waals surface area contributed by atoms with Crippen molar-refractivity contribution >= 4 is 21.8 Å². The van der Waals surface area contributed by atoms with E-state index in [1.807, 2.05) is 4.90 Å². The van der Waals surface area contributed by atoms with Crippen molar-refractivity contribution in [3.8, 4) is 0 Å². The number of halogens is 2. The van der Waals surface area contributed by atoms with Gasteiger partial charge in [-0.25, -0.2) is 4.39 Å². The fourth-order valence-corrected chi connectivity index (χ4v) is 2.53. The Hall–Kier alpha value is -0.900. The molecule has 0 unspecified atom stereocenters. The highest BCUT2D eigenvalue weighted by atomic mass is 79.9. The van der Waals surface area contributed by atoms with Crippen molar-refractivity contribution in [2.45, 2.75) is 32.7 Å². The summed E-state index contributed by atoms with van der Waals surface area (Å²) in [5, 5.41) is 0. The molecule has 0 saturated heterocycles. The standard InChI is InChI=1S/C14H17BrFNO/c1-9(2)8-17(10-6-7-10)14(18)13-11(15)4-3-5-12(13)16/h3-5,9-10H,6-8H2,1-2H3. The third kappa shape index (κ3) is 2.91. The molecule has 1 aromatic rings. The molecular formula is C14H17BrFNO.